The van der Waals surface area contributed by atoms with Gasteiger partial charge in [0.05, 0.1) is 0 Å². The van der Waals surface area contributed by atoms with Crippen LogP contribution in [0.1, 0.15) is 5.56 Å². The van der Waals surface area contributed by atoms with E-state index in [1.807, 2.05) is 0 Å². The SMILES string of the molecule is Cc1cc2ccccc2[n+](C)c1. The molecule has 0 spiro atoms. The van der Waals surface area contributed by atoms with Gasteiger partial charge in [0.15, 0.2) is 6.20 Å². The lowest BCUT2D eigenvalue weighted by Gasteiger charge is -1.96. The zero-order valence-electron chi connectivity index (χ0n) is 7.41. The second-order valence-electron chi connectivity index (χ2n) is 3.19. The van der Waals surface area contributed by atoms with Gasteiger partial charge >= 0.3 is 0 Å². The Morgan fingerprint density at radius 2 is 1.92 bits per heavy atom. The largest absolute Gasteiger partial charge is 0.212 e. The van der Waals surface area contributed by atoms with E-state index in [0.29, 0.717) is 0 Å². The molecule has 2 rings (SSSR count). The molecule has 1 heterocycles. The first-order chi connectivity index (χ1) is 5.77. The lowest BCUT2D eigenvalue weighted by Crippen LogP contribution is -2.28. The van der Waals surface area contributed by atoms with Crippen molar-refractivity contribution in [3.8, 4) is 0 Å². The molecule has 0 aliphatic heterocycles. The molecule has 1 nitrogen and oxygen atoms in total. The summed E-state index contributed by atoms with van der Waals surface area (Å²) >= 11 is 0. The van der Waals surface area contributed by atoms with Gasteiger partial charge in [0.1, 0.15) is 7.05 Å². The van der Waals surface area contributed by atoms with Crippen LogP contribution in [-0.2, 0) is 7.05 Å². The molecule has 0 amide bonds. The van der Waals surface area contributed by atoms with E-state index in [2.05, 4.69) is 55.1 Å². The van der Waals surface area contributed by atoms with Crippen LogP contribution >= 0.6 is 0 Å². The fourth-order valence-electron chi connectivity index (χ4n) is 1.59. The van der Waals surface area contributed by atoms with E-state index < -0.39 is 0 Å². The number of benzene rings is 1. The number of rotatable bonds is 0. The highest BCUT2D eigenvalue weighted by Crippen LogP contribution is 2.09. The van der Waals surface area contributed by atoms with Crippen LogP contribution in [0, 0.1) is 6.92 Å². The number of hydrogen-bond acceptors (Lipinski definition) is 0. The van der Waals surface area contributed by atoms with Crippen LogP contribution < -0.4 is 4.57 Å². The van der Waals surface area contributed by atoms with E-state index in [9.17, 15) is 0 Å². The van der Waals surface area contributed by atoms with Crippen molar-refractivity contribution in [2.24, 2.45) is 7.05 Å². The number of fused-ring (bicyclic) bond motifs is 1. The van der Waals surface area contributed by atoms with Crippen LogP contribution in [0.5, 0.6) is 0 Å². The summed E-state index contributed by atoms with van der Waals surface area (Å²) in [6, 6.07) is 10.6. The van der Waals surface area contributed by atoms with Crippen molar-refractivity contribution in [2.45, 2.75) is 6.92 Å². The number of para-hydroxylation sites is 1. The van der Waals surface area contributed by atoms with Crippen molar-refractivity contribution in [1.29, 1.82) is 0 Å². The Labute approximate surface area is 72.3 Å². The highest BCUT2D eigenvalue weighted by atomic mass is 14.9. The van der Waals surface area contributed by atoms with Gasteiger partial charge in [-0.1, -0.05) is 12.1 Å². The molecule has 60 valence electrons. The van der Waals surface area contributed by atoms with E-state index in [4.69, 9.17) is 0 Å². The predicted octanol–water partition coefficient (Wildman–Crippen LogP) is 1.97. The van der Waals surface area contributed by atoms with Crippen LogP contribution in [0.15, 0.2) is 36.5 Å². The first kappa shape index (κ1) is 7.29. The third-order valence-corrected chi connectivity index (χ3v) is 2.10. The summed E-state index contributed by atoms with van der Waals surface area (Å²) in [4.78, 5) is 0. The minimum Gasteiger partial charge on any atom is -0.201 e. The van der Waals surface area contributed by atoms with E-state index in [1.54, 1.807) is 0 Å². The molecular weight excluding hydrogens is 146 g/mol. The van der Waals surface area contributed by atoms with Crippen LogP contribution in [-0.4, -0.2) is 0 Å². The molecule has 0 atom stereocenters. The molecule has 1 heteroatoms. The summed E-state index contributed by atoms with van der Waals surface area (Å²) in [6.07, 6.45) is 2.14. The molecule has 0 N–H and O–H groups in total. The third kappa shape index (κ3) is 1.07. The van der Waals surface area contributed by atoms with Crippen molar-refractivity contribution in [2.75, 3.05) is 0 Å². The number of nitrogens with zero attached hydrogens (tertiary/aromatic N) is 1. The summed E-state index contributed by atoms with van der Waals surface area (Å²) in [7, 11) is 2.08. The van der Waals surface area contributed by atoms with Crippen LogP contribution in [0.2, 0.25) is 0 Å². The number of pyridine rings is 1. The fraction of sp³-hybridized carbons (Fsp3) is 0.182. The fourth-order valence-corrected chi connectivity index (χ4v) is 1.59. The molecule has 0 aliphatic rings. The third-order valence-electron chi connectivity index (χ3n) is 2.10. The molecule has 0 radical (unpaired) electrons. The maximum atomic E-state index is 2.20. The highest BCUT2D eigenvalue weighted by Gasteiger charge is 2.02. The van der Waals surface area contributed by atoms with Crippen LogP contribution in [0.25, 0.3) is 10.9 Å². The standard InChI is InChI=1S/C11H12N/c1-9-7-10-5-3-4-6-11(10)12(2)8-9/h3-8H,1-2H3/q+1. The molecule has 1 aromatic carbocycles. The molecule has 0 saturated carbocycles. The lowest BCUT2D eigenvalue weighted by atomic mass is 10.2. The highest BCUT2D eigenvalue weighted by molar-refractivity contribution is 5.75. The summed E-state index contributed by atoms with van der Waals surface area (Å²) in [6.45, 7) is 2.12. The summed E-state index contributed by atoms with van der Waals surface area (Å²) < 4.78 is 2.16. The summed E-state index contributed by atoms with van der Waals surface area (Å²) in [5, 5.41) is 1.31. The van der Waals surface area contributed by atoms with Gasteiger partial charge in [0, 0.05) is 17.0 Å². The van der Waals surface area contributed by atoms with Gasteiger partial charge in [0.2, 0.25) is 5.52 Å². The Bertz CT molecular complexity index is 418. The van der Waals surface area contributed by atoms with E-state index in [0.717, 1.165) is 0 Å². The van der Waals surface area contributed by atoms with Gasteiger partial charge in [-0.2, -0.15) is 0 Å². The quantitative estimate of drug-likeness (QED) is 0.516. The monoisotopic (exact) mass is 158 g/mol. The molecule has 0 aliphatic carbocycles. The lowest BCUT2D eigenvalue weighted by molar-refractivity contribution is -0.645. The summed E-state index contributed by atoms with van der Waals surface area (Å²) in [5.41, 5.74) is 2.58. The molecule has 0 saturated heterocycles. The predicted molar refractivity (Wildman–Crippen MR) is 49.9 cm³/mol. The molecular formula is C11H12N+. The van der Waals surface area contributed by atoms with E-state index in [1.165, 1.54) is 16.5 Å². The maximum Gasteiger partial charge on any atom is 0.212 e. The Morgan fingerprint density at radius 1 is 1.17 bits per heavy atom. The van der Waals surface area contributed by atoms with Crippen molar-refractivity contribution < 1.29 is 4.57 Å². The first-order valence-electron chi connectivity index (χ1n) is 4.12. The Kier molecular flexibility index (Phi) is 1.58. The van der Waals surface area contributed by atoms with E-state index in [-0.39, 0.29) is 0 Å². The Morgan fingerprint density at radius 3 is 2.75 bits per heavy atom. The molecule has 0 fully saturated rings. The molecule has 12 heavy (non-hydrogen) atoms. The van der Waals surface area contributed by atoms with Crippen molar-refractivity contribution in [3.05, 3.63) is 42.1 Å². The first-order valence-corrected chi connectivity index (χ1v) is 4.12. The van der Waals surface area contributed by atoms with Crippen molar-refractivity contribution in [1.82, 2.24) is 0 Å². The maximum absolute atomic E-state index is 2.20. The van der Waals surface area contributed by atoms with Gasteiger partial charge < -0.3 is 0 Å². The van der Waals surface area contributed by atoms with Gasteiger partial charge in [0.25, 0.3) is 0 Å². The van der Waals surface area contributed by atoms with Crippen LogP contribution in [0.3, 0.4) is 0 Å². The van der Waals surface area contributed by atoms with Gasteiger partial charge in [-0.15, -0.1) is 0 Å². The van der Waals surface area contributed by atoms with Gasteiger partial charge in [-0.25, -0.2) is 4.57 Å². The second kappa shape index (κ2) is 2.59. The second-order valence-corrected chi connectivity index (χ2v) is 3.19. The van der Waals surface area contributed by atoms with Gasteiger partial charge in [-0.05, 0) is 19.1 Å². The minimum atomic E-state index is 1.28. The zero-order chi connectivity index (χ0) is 8.55. The molecule has 2 aromatic rings. The molecule has 1 aromatic heterocycles. The number of aromatic nitrogens is 1. The normalized spacial score (nSPS) is 10.5. The zero-order valence-corrected chi connectivity index (χ0v) is 7.41. The average Bonchev–Trinajstić information content (AvgIpc) is 2.04. The minimum absolute atomic E-state index is 1.28. The van der Waals surface area contributed by atoms with Crippen molar-refractivity contribution in [3.63, 3.8) is 0 Å². The molecule has 0 bridgehead atoms. The van der Waals surface area contributed by atoms with Crippen molar-refractivity contribution >= 4 is 10.9 Å². The van der Waals surface area contributed by atoms with E-state index >= 15 is 0 Å². The Balaban J connectivity index is 2.89. The average molecular weight is 158 g/mol. The van der Waals surface area contributed by atoms with Crippen LogP contribution in [0.4, 0.5) is 0 Å². The Hall–Kier alpha value is -1.37. The summed E-state index contributed by atoms with van der Waals surface area (Å²) in [5.74, 6) is 0. The van der Waals surface area contributed by atoms with Gasteiger partial charge in [-0.3, -0.25) is 0 Å². The number of hydrogen-bond donors (Lipinski definition) is 0. The topological polar surface area (TPSA) is 3.88 Å². The number of aryl methyl sites for hydroxylation is 2. The smallest absolute Gasteiger partial charge is 0.201 e. The molecule has 0 unspecified atom stereocenters.